The zero-order valence-corrected chi connectivity index (χ0v) is 21.2. The summed E-state index contributed by atoms with van der Waals surface area (Å²) in [5, 5.41) is 7.12. The number of aromatic amines is 1. The van der Waals surface area contributed by atoms with Gasteiger partial charge in [-0.2, -0.15) is 18.3 Å². The maximum absolute atomic E-state index is 13.0. The zero-order valence-electron chi connectivity index (χ0n) is 18.1. The average Bonchev–Trinajstić information content (AvgIpc) is 2.74. The first-order valence-corrected chi connectivity index (χ1v) is 13.0. The molecule has 0 fully saturated rings. The van der Waals surface area contributed by atoms with Crippen molar-refractivity contribution in [1.29, 1.82) is 0 Å². The molecule has 2 aromatic rings. The lowest BCUT2D eigenvalue weighted by Crippen LogP contribution is -2.26. The van der Waals surface area contributed by atoms with Gasteiger partial charge in [-0.25, -0.2) is 13.5 Å². The van der Waals surface area contributed by atoms with Gasteiger partial charge in [0.1, 0.15) is 0 Å². The molecule has 0 amide bonds. The van der Waals surface area contributed by atoms with Crippen molar-refractivity contribution >= 4 is 61.2 Å². The monoisotopic (exact) mass is 567 g/mol. The number of alkyl halides is 3. The first-order chi connectivity index (χ1) is 16.3. The fraction of sp³-hybridized carbons (Fsp3) is 0.273. The molecular formula is C22H19Cl3F3N3O3S. The van der Waals surface area contributed by atoms with E-state index in [0.29, 0.717) is 34.5 Å². The van der Waals surface area contributed by atoms with Crippen molar-refractivity contribution in [2.75, 3.05) is 5.75 Å². The van der Waals surface area contributed by atoms with Crippen LogP contribution in [0.3, 0.4) is 0 Å². The summed E-state index contributed by atoms with van der Waals surface area (Å²) >= 11 is 18.1. The number of aromatic nitrogens is 2. The molecule has 35 heavy (non-hydrogen) atoms. The fourth-order valence-electron chi connectivity index (χ4n) is 3.53. The lowest BCUT2D eigenvalue weighted by atomic mass is 9.96. The van der Waals surface area contributed by atoms with Crippen LogP contribution in [0, 0.1) is 0 Å². The molecule has 0 spiro atoms. The van der Waals surface area contributed by atoms with E-state index in [-0.39, 0.29) is 22.5 Å². The smallest absolute Gasteiger partial charge is 0.283 e. The molecule has 13 heteroatoms. The average molecular weight is 569 g/mol. The highest BCUT2D eigenvalue weighted by Crippen LogP contribution is 2.35. The second-order valence-electron chi connectivity index (χ2n) is 7.51. The third-order valence-corrected chi connectivity index (χ3v) is 7.25. The molecule has 188 valence electrons. The zero-order chi connectivity index (χ0) is 26.0. The number of H-pyrrole nitrogens is 1. The Morgan fingerprint density at radius 3 is 2.63 bits per heavy atom. The highest BCUT2D eigenvalue weighted by atomic mass is 35.5. The van der Waals surface area contributed by atoms with Crippen molar-refractivity contribution in [2.24, 2.45) is 0 Å². The van der Waals surface area contributed by atoms with Crippen LogP contribution in [0.4, 0.5) is 13.2 Å². The first kappa shape index (κ1) is 27.3. The van der Waals surface area contributed by atoms with Gasteiger partial charge in [0, 0.05) is 21.0 Å². The Balaban J connectivity index is 1.99. The van der Waals surface area contributed by atoms with Crippen LogP contribution < -0.4 is 10.3 Å². The third-order valence-electron chi connectivity index (χ3n) is 5.12. The van der Waals surface area contributed by atoms with Gasteiger partial charge < -0.3 is 0 Å². The van der Waals surface area contributed by atoms with Crippen LogP contribution in [0.5, 0.6) is 0 Å². The molecular weight excluding hydrogens is 550 g/mol. The van der Waals surface area contributed by atoms with Gasteiger partial charge in [0.2, 0.25) is 10.0 Å². The van der Waals surface area contributed by atoms with E-state index < -0.39 is 38.1 Å². The number of nitrogens with zero attached hydrogens (tertiary/aromatic N) is 1. The van der Waals surface area contributed by atoms with E-state index in [9.17, 15) is 26.4 Å². The largest absolute Gasteiger partial charge is 0.414 e. The predicted molar refractivity (Wildman–Crippen MR) is 133 cm³/mol. The molecule has 0 atom stereocenters. The van der Waals surface area contributed by atoms with Gasteiger partial charge in [0.25, 0.3) is 5.56 Å². The van der Waals surface area contributed by atoms with Crippen molar-refractivity contribution in [3.8, 4) is 0 Å². The van der Waals surface area contributed by atoms with Crippen LogP contribution in [0.15, 0.2) is 62.6 Å². The van der Waals surface area contributed by atoms with Crippen LogP contribution in [0.25, 0.3) is 16.3 Å². The van der Waals surface area contributed by atoms with E-state index in [1.54, 1.807) is 18.2 Å². The Kier molecular flexibility index (Phi) is 8.41. The van der Waals surface area contributed by atoms with Gasteiger partial charge in [0.15, 0.2) is 0 Å². The van der Waals surface area contributed by atoms with Gasteiger partial charge in [0.05, 0.1) is 33.1 Å². The van der Waals surface area contributed by atoms with Gasteiger partial charge in [-0.15, -0.1) is 0 Å². The van der Waals surface area contributed by atoms with E-state index >= 15 is 0 Å². The van der Waals surface area contributed by atoms with E-state index in [1.807, 2.05) is 0 Å². The number of rotatable bonds is 7. The summed E-state index contributed by atoms with van der Waals surface area (Å²) in [7, 11) is -4.06. The summed E-state index contributed by atoms with van der Waals surface area (Å²) in [6.45, 7) is 1.30. The van der Waals surface area contributed by atoms with E-state index in [1.165, 1.54) is 13.0 Å². The van der Waals surface area contributed by atoms with Crippen molar-refractivity contribution in [3.63, 3.8) is 0 Å². The normalized spacial score (nSPS) is 16.0. The van der Waals surface area contributed by atoms with Crippen LogP contribution in [0.2, 0.25) is 5.02 Å². The molecule has 1 heterocycles. The molecule has 1 aromatic carbocycles. The maximum atomic E-state index is 13.0. The van der Waals surface area contributed by atoms with E-state index in [2.05, 4.69) is 14.9 Å². The maximum Gasteiger partial charge on any atom is 0.414 e. The second kappa shape index (κ2) is 10.8. The van der Waals surface area contributed by atoms with Gasteiger partial charge in [-0.1, -0.05) is 59.9 Å². The molecule has 0 bridgehead atoms. The Bertz CT molecular complexity index is 1440. The summed E-state index contributed by atoms with van der Waals surface area (Å²) in [5.74, 6) is -0.647. The first-order valence-electron chi connectivity index (χ1n) is 10.2. The molecule has 3 rings (SSSR count). The number of halogens is 6. The summed E-state index contributed by atoms with van der Waals surface area (Å²) < 4.78 is 66.8. The minimum Gasteiger partial charge on any atom is -0.283 e. The van der Waals surface area contributed by atoms with Crippen molar-refractivity contribution in [3.05, 3.63) is 78.8 Å². The number of hydrogen-bond acceptors (Lipinski definition) is 4. The predicted octanol–water partition coefficient (Wildman–Crippen LogP) is 6.14. The number of benzene rings is 1. The highest BCUT2D eigenvalue weighted by Gasteiger charge is 2.34. The summed E-state index contributed by atoms with van der Waals surface area (Å²) in [4.78, 5) is 12.2. The van der Waals surface area contributed by atoms with Gasteiger partial charge >= 0.3 is 6.18 Å². The molecule has 0 aliphatic heterocycles. The molecule has 0 saturated heterocycles. The number of hydrogen-bond donors (Lipinski definition) is 2. The highest BCUT2D eigenvalue weighted by molar-refractivity contribution is 7.89. The number of sulfonamides is 1. The lowest BCUT2D eigenvalue weighted by Gasteiger charge is -2.19. The van der Waals surface area contributed by atoms with Crippen LogP contribution in [0.1, 0.15) is 31.9 Å². The third kappa shape index (κ3) is 6.49. The lowest BCUT2D eigenvalue weighted by molar-refractivity contribution is -0.0937. The molecule has 0 unspecified atom stereocenters. The van der Waals surface area contributed by atoms with E-state index in [4.69, 9.17) is 34.8 Å². The molecule has 0 saturated carbocycles. The summed E-state index contributed by atoms with van der Waals surface area (Å²) in [5.41, 5.74) is -0.542. The Labute approximate surface area is 214 Å². The second-order valence-corrected chi connectivity index (χ2v) is 10.6. The Morgan fingerprint density at radius 1 is 1.26 bits per heavy atom. The van der Waals surface area contributed by atoms with Gasteiger partial charge in [-0.3, -0.25) is 9.52 Å². The number of allylic oxidation sites excluding steroid dienone is 6. The number of nitrogens with one attached hydrogen (secondary N) is 2. The minimum absolute atomic E-state index is 0.127. The van der Waals surface area contributed by atoms with Crippen molar-refractivity contribution < 1.29 is 21.6 Å². The quantitative estimate of drug-likeness (QED) is 0.392. The Morgan fingerprint density at radius 2 is 1.97 bits per heavy atom. The van der Waals surface area contributed by atoms with Crippen LogP contribution >= 0.6 is 34.8 Å². The molecule has 1 aromatic heterocycles. The molecule has 6 nitrogen and oxygen atoms in total. The van der Waals surface area contributed by atoms with Gasteiger partial charge in [-0.05, 0) is 37.5 Å². The minimum atomic E-state index is -4.62. The molecule has 1 aliphatic carbocycles. The summed E-state index contributed by atoms with van der Waals surface area (Å²) in [6.07, 6.45) is -0.908. The van der Waals surface area contributed by atoms with Crippen molar-refractivity contribution in [2.45, 2.75) is 32.4 Å². The van der Waals surface area contributed by atoms with E-state index in [0.717, 1.165) is 12.2 Å². The Hall–Kier alpha value is -2.27. The van der Waals surface area contributed by atoms with Crippen LogP contribution in [-0.4, -0.2) is 30.5 Å². The standard InChI is InChI=1S/C22H19Cl3F3N3O3S/c1-2-15(22(26,27)28)16(24)7-4-10-35(33,34)31-18-11-12(23)8-9-13(18)20-14-5-3-6-17(25)19(14)21(32)30-29-20/h3-7,11,31H,2,8-10H2,1H3,(H,30,32)/b7-4-,16-15-. The SMILES string of the molecule is CC/C(=C(Cl)\C=C/CS(=O)(=O)NC1=C(c2n[nH]c(=O)c3c(Cl)cccc23)CCC(Cl)=C1)C(F)(F)F. The summed E-state index contributed by atoms with van der Waals surface area (Å²) in [6, 6.07) is 4.83. The molecule has 2 N–H and O–H groups in total. The van der Waals surface area contributed by atoms with Crippen molar-refractivity contribution in [1.82, 2.24) is 14.9 Å². The topological polar surface area (TPSA) is 91.9 Å². The van der Waals surface area contributed by atoms with Crippen LogP contribution in [-0.2, 0) is 10.0 Å². The molecule has 1 aliphatic rings. The number of fused-ring (bicyclic) bond motifs is 1. The fourth-order valence-corrected chi connectivity index (χ4v) is 5.27. The molecule has 0 radical (unpaired) electrons.